The molecule has 4 N–H and O–H groups in total. The van der Waals surface area contributed by atoms with Gasteiger partial charge in [-0.15, -0.1) is 0 Å². The molecule has 11 heteroatoms. The number of hydrogen-bond acceptors (Lipinski definition) is 7. The molecule has 1 saturated carbocycles. The highest BCUT2D eigenvalue weighted by atomic mass is 16.5. The van der Waals surface area contributed by atoms with E-state index in [1.165, 1.54) is 13.5 Å². The molecular weight excluding hydrogens is 586 g/mol. The third-order valence-corrected chi connectivity index (χ3v) is 9.30. The summed E-state index contributed by atoms with van der Waals surface area (Å²) in [6, 6.07) is 11.8. The molecule has 1 aliphatic carbocycles. The fourth-order valence-corrected chi connectivity index (χ4v) is 6.65. The van der Waals surface area contributed by atoms with Crippen LogP contribution in [0.1, 0.15) is 80.6 Å². The van der Waals surface area contributed by atoms with Crippen LogP contribution in [-0.2, 0) is 20.8 Å². The molecule has 3 atom stereocenters. The average Bonchev–Trinajstić information content (AvgIpc) is 3.70. The number of anilines is 2. The molecule has 0 aromatic heterocycles. The van der Waals surface area contributed by atoms with Crippen LogP contribution < -0.4 is 30.5 Å². The molecule has 2 aromatic rings. The van der Waals surface area contributed by atoms with Crippen molar-refractivity contribution < 1.29 is 29.0 Å². The Morgan fingerprint density at radius 3 is 2.09 bits per heavy atom. The second-order valence-corrected chi connectivity index (χ2v) is 12.7. The van der Waals surface area contributed by atoms with E-state index in [1.54, 1.807) is 28.9 Å². The van der Waals surface area contributed by atoms with Gasteiger partial charge in [0.15, 0.2) is 5.75 Å². The zero-order valence-electron chi connectivity index (χ0n) is 26.9. The monoisotopic (exact) mass is 633 g/mol. The standard InChI is InChI=1S/C35H47N5O6/c1-23(34(44)37-26-13-7-4-8-14-26)36-22-30(41)27(19-24-11-5-3-6-12-24)38-35(45)25-20-28(39-17-9-15-31(39)42)33(46-2)29(21-25)40-18-10-16-32(40)43/h3,5-6,11-12,20-21,23,26-27,30,36,41H,4,7-10,13-19,22H2,1-2H3,(H,37,44)(H,38,45)/t23-,27-,30+/m0/s1. The summed E-state index contributed by atoms with van der Waals surface area (Å²) in [6.07, 6.45) is 6.90. The van der Waals surface area contributed by atoms with Crippen molar-refractivity contribution in [2.24, 2.45) is 0 Å². The lowest BCUT2D eigenvalue weighted by molar-refractivity contribution is -0.124. The number of carbonyl (C=O) groups is 4. The second kappa shape index (κ2) is 15.6. The molecule has 2 aromatic carbocycles. The fraction of sp³-hybridized carbons (Fsp3) is 0.543. The molecule has 2 aliphatic heterocycles. The highest BCUT2D eigenvalue weighted by molar-refractivity contribution is 6.05. The van der Waals surface area contributed by atoms with E-state index in [0.29, 0.717) is 62.3 Å². The number of amides is 4. The largest absolute Gasteiger partial charge is 0.492 e. The first kappa shape index (κ1) is 33.4. The SMILES string of the molecule is COc1c(N2CCCC2=O)cc(C(=O)N[C@@H](Cc2ccccc2)[C@H](O)CN[C@@H](C)C(=O)NC2CCCCC2)cc1N1CCCC1=O. The Labute approximate surface area is 271 Å². The quantitative estimate of drug-likeness (QED) is 0.266. The normalized spacial score (nSPS) is 19.2. The maximum Gasteiger partial charge on any atom is 0.251 e. The van der Waals surface area contributed by atoms with Crippen molar-refractivity contribution in [2.75, 3.05) is 36.5 Å². The van der Waals surface area contributed by atoms with Crippen molar-refractivity contribution >= 4 is 35.0 Å². The molecule has 0 unspecified atom stereocenters. The molecule has 248 valence electrons. The van der Waals surface area contributed by atoms with Crippen LogP contribution in [0.25, 0.3) is 0 Å². The molecule has 0 spiro atoms. The molecule has 4 amide bonds. The number of hydrogen-bond donors (Lipinski definition) is 4. The van der Waals surface area contributed by atoms with Gasteiger partial charge in [0.1, 0.15) is 0 Å². The summed E-state index contributed by atoms with van der Waals surface area (Å²) in [7, 11) is 1.50. The minimum atomic E-state index is -1.02. The van der Waals surface area contributed by atoms with Crippen LogP contribution in [-0.4, -0.2) is 79.7 Å². The molecule has 2 heterocycles. The Kier molecular flexibility index (Phi) is 11.3. The van der Waals surface area contributed by atoms with Gasteiger partial charge in [-0.1, -0.05) is 49.6 Å². The molecule has 5 rings (SSSR count). The van der Waals surface area contributed by atoms with Gasteiger partial charge < -0.3 is 35.6 Å². The van der Waals surface area contributed by atoms with Gasteiger partial charge in [0, 0.05) is 44.1 Å². The minimum Gasteiger partial charge on any atom is -0.492 e. The van der Waals surface area contributed by atoms with Crippen LogP contribution in [0.4, 0.5) is 11.4 Å². The van der Waals surface area contributed by atoms with Gasteiger partial charge in [0.2, 0.25) is 17.7 Å². The number of nitrogens with one attached hydrogen (secondary N) is 3. The highest BCUT2D eigenvalue weighted by Gasteiger charge is 2.33. The lowest BCUT2D eigenvalue weighted by atomic mass is 9.95. The number of nitrogens with zero attached hydrogens (tertiary/aromatic N) is 2. The number of ether oxygens (including phenoxy) is 1. The van der Waals surface area contributed by atoms with Gasteiger partial charge in [0.05, 0.1) is 36.7 Å². The summed E-state index contributed by atoms with van der Waals surface area (Å²) in [4.78, 5) is 55.6. The molecule has 11 nitrogen and oxygen atoms in total. The van der Waals surface area contributed by atoms with Gasteiger partial charge in [-0.2, -0.15) is 0 Å². The van der Waals surface area contributed by atoms with Crippen molar-refractivity contribution in [2.45, 2.75) is 95.4 Å². The zero-order valence-corrected chi connectivity index (χ0v) is 26.9. The Morgan fingerprint density at radius 2 is 1.54 bits per heavy atom. The fourth-order valence-electron chi connectivity index (χ4n) is 6.65. The first-order chi connectivity index (χ1) is 22.2. The smallest absolute Gasteiger partial charge is 0.251 e. The maximum atomic E-state index is 14.0. The number of carbonyl (C=O) groups excluding carboxylic acids is 4. The summed E-state index contributed by atoms with van der Waals surface area (Å²) in [5, 5.41) is 20.7. The Hall–Kier alpha value is -3.96. The molecular formula is C35H47N5O6. The van der Waals surface area contributed by atoms with E-state index in [4.69, 9.17) is 4.74 Å². The third-order valence-electron chi connectivity index (χ3n) is 9.30. The summed E-state index contributed by atoms with van der Waals surface area (Å²) in [5.74, 6) is -0.313. The number of benzene rings is 2. The van der Waals surface area contributed by atoms with E-state index in [1.807, 2.05) is 30.3 Å². The molecule has 0 bridgehead atoms. The number of methoxy groups -OCH3 is 1. The van der Waals surface area contributed by atoms with Gasteiger partial charge >= 0.3 is 0 Å². The van der Waals surface area contributed by atoms with Crippen LogP contribution in [0, 0.1) is 0 Å². The molecule has 2 saturated heterocycles. The Morgan fingerprint density at radius 1 is 0.935 bits per heavy atom. The van der Waals surface area contributed by atoms with Crippen LogP contribution in [0.3, 0.4) is 0 Å². The van der Waals surface area contributed by atoms with Gasteiger partial charge in [-0.05, 0) is 56.7 Å². The number of aliphatic hydroxyl groups is 1. The highest BCUT2D eigenvalue weighted by Crippen LogP contribution is 2.42. The molecule has 3 fully saturated rings. The van der Waals surface area contributed by atoms with Crippen molar-refractivity contribution in [1.82, 2.24) is 16.0 Å². The van der Waals surface area contributed by atoms with E-state index >= 15 is 0 Å². The van der Waals surface area contributed by atoms with E-state index in [2.05, 4.69) is 16.0 Å². The van der Waals surface area contributed by atoms with Crippen molar-refractivity contribution in [1.29, 1.82) is 0 Å². The molecule has 3 aliphatic rings. The second-order valence-electron chi connectivity index (χ2n) is 12.7. The summed E-state index contributed by atoms with van der Waals surface area (Å²) >= 11 is 0. The zero-order chi connectivity index (χ0) is 32.6. The van der Waals surface area contributed by atoms with E-state index in [9.17, 15) is 24.3 Å². The summed E-state index contributed by atoms with van der Waals surface area (Å²) < 4.78 is 5.75. The first-order valence-corrected chi connectivity index (χ1v) is 16.6. The van der Waals surface area contributed by atoms with Crippen LogP contribution in [0.15, 0.2) is 42.5 Å². The topological polar surface area (TPSA) is 140 Å². The van der Waals surface area contributed by atoms with Crippen molar-refractivity contribution in [3.8, 4) is 5.75 Å². The summed E-state index contributed by atoms with van der Waals surface area (Å²) in [5.41, 5.74) is 2.08. The summed E-state index contributed by atoms with van der Waals surface area (Å²) in [6.45, 7) is 2.83. The lowest BCUT2D eigenvalue weighted by Crippen LogP contribution is -2.53. The van der Waals surface area contributed by atoms with E-state index in [0.717, 1.165) is 31.2 Å². The maximum absolute atomic E-state index is 14.0. The number of rotatable bonds is 13. The van der Waals surface area contributed by atoms with Crippen LogP contribution >= 0.6 is 0 Å². The van der Waals surface area contributed by atoms with Crippen LogP contribution in [0.5, 0.6) is 5.75 Å². The minimum absolute atomic E-state index is 0.0698. The van der Waals surface area contributed by atoms with Gasteiger partial charge in [-0.25, -0.2) is 0 Å². The predicted octanol–water partition coefficient (Wildman–Crippen LogP) is 3.08. The van der Waals surface area contributed by atoms with Gasteiger partial charge in [-0.3, -0.25) is 19.2 Å². The third kappa shape index (κ3) is 8.06. The van der Waals surface area contributed by atoms with Crippen LogP contribution in [0.2, 0.25) is 0 Å². The van der Waals surface area contributed by atoms with Gasteiger partial charge in [0.25, 0.3) is 5.91 Å². The van der Waals surface area contributed by atoms with E-state index < -0.39 is 24.1 Å². The lowest BCUT2D eigenvalue weighted by Gasteiger charge is -2.28. The first-order valence-electron chi connectivity index (χ1n) is 16.6. The molecule has 0 radical (unpaired) electrons. The number of aliphatic hydroxyl groups excluding tert-OH is 1. The molecule has 46 heavy (non-hydrogen) atoms. The van der Waals surface area contributed by atoms with Crippen molar-refractivity contribution in [3.05, 3.63) is 53.6 Å². The van der Waals surface area contributed by atoms with Crippen molar-refractivity contribution in [3.63, 3.8) is 0 Å². The Bertz CT molecular complexity index is 1350. The predicted molar refractivity (Wildman–Crippen MR) is 176 cm³/mol. The van der Waals surface area contributed by atoms with E-state index in [-0.39, 0.29) is 35.9 Å². The average molecular weight is 634 g/mol. The Balaban J connectivity index is 1.36.